The Labute approximate surface area is 210 Å². The van der Waals surface area contributed by atoms with E-state index in [1.54, 1.807) is 0 Å². The third-order valence-electron chi connectivity index (χ3n) is 6.69. The van der Waals surface area contributed by atoms with Gasteiger partial charge in [-0.15, -0.1) is 0 Å². The van der Waals surface area contributed by atoms with Crippen LogP contribution in [0, 0.1) is 0 Å². The lowest BCUT2D eigenvalue weighted by atomic mass is 10.0. The third kappa shape index (κ3) is 6.70. The molecule has 0 radical (unpaired) electrons. The molecule has 3 aromatic rings. The minimum absolute atomic E-state index is 0.473. The molecule has 4 rings (SSSR count). The number of fused-ring (bicyclic) bond motifs is 1. The van der Waals surface area contributed by atoms with Crippen LogP contribution >= 0.6 is 11.6 Å². The standard InChI is InChI=1S/C27H39ClN4OSi/c1-30-13-15-31(16-14-30)12-8-11-26-24-19-23(22-9-6-5-7-10-22)25(28)20-27(24)32(29-26)21-33-17-18-34(2,3)4/h5-7,9-10,19-20H,8,11-18,21H2,1-4H3. The number of piperazine rings is 1. The number of nitrogens with zero attached hydrogens (tertiary/aromatic N) is 4. The molecule has 1 aliphatic rings. The second-order valence-corrected chi connectivity index (χ2v) is 16.8. The lowest BCUT2D eigenvalue weighted by Crippen LogP contribution is -2.44. The van der Waals surface area contributed by atoms with Gasteiger partial charge >= 0.3 is 0 Å². The van der Waals surface area contributed by atoms with E-state index in [2.05, 4.69) is 72.9 Å². The number of rotatable bonds is 10. The molecule has 0 amide bonds. The van der Waals surface area contributed by atoms with Gasteiger partial charge in [-0.2, -0.15) is 5.10 Å². The molecule has 5 nitrogen and oxygen atoms in total. The summed E-state index contributed by atoms with van der Waals surface area (Å²) in [7, 11) is 1.09. The Morgan fingerprint density at radius 2 is 1.76 bits per heavy atom. The number of ether oxygens (including phenoxy) is 1. The van der Waals surface area contributed by atoms with E-state index in [4.69, 9.17) is 21.4 Å². The van der Waals surface area contributed by atoms with Gasteiger partial charge in [0.15, 0.2) is 0 Å². The summed E-state index contributed by atoms with van der Waals surface area (Å²) in [5.74, 6) is 0. The van der Waals surface area contributed by atoms with E-state index in [1.807, 2.05) is 10.7 Å². The monoisotopic (exact) mass is 498 g/mol. The summed E-state index contributed by atoms with van der Waals surface area (Å²) >= 11 is 6.77. The SMILES string of the molecule is CN1CCN(CCCc2nn(COCC[Si](C)(C)C)c3cc(Cl)c(-c4ccccc4)cc23)CC1. The Morgan fingerprint density at radius 3 is 2.47 bits per heavy atom. The van der Waals surface area contributed by atoms with Gasteiger partial charge in [-0.1, -0.05) is 61.6 Å². The van der Waals surface area contributed by atoms with Crippen LogP contribution in [-0.4, -0.2) is 74.0 Å². The van der Waals surface area contributed by atoms with Gasteiger partial charge in [-0.3, -0.25) is 0 Å². The Balaban J connectivity index is 1.54. The molecule has 1 saturated heterocycles. The van der Waals surface area contributed by atoms with Crippen molar-refractivity contribution < 1.29 is 4.74 Å². The summed E-state index contributed by atoms with van der Waals surface area (Å²) in [4.78, 5) is 4.98. The van der Waals surface area contributed by atoms with E-state index in [1.165, 1.54) is 5.39 Å². The van der Waals surface area contributed by atoms with Crippen LogP contribution in [-0.2, 0) is 17.9 Å². The molecule has 1 aliphatic heterocycles. The summed E-state index contributed by atoms with van der Waals surface area (Å²) in [6.45, 7) is 14.1. The summed E-state index contributed by atoms with van der Waals surface area (Å²) in [6.07, 6.45) is 2.07. The maximum Gasteiger partial charge on any atom is 0.140 e. The number of likely N-dealkylation sites (N-methyl/N-ethyl adjacent to an activating group) is 1. The number of hydrogen-bond donors (Lipinski definition) is 0. The first-order valence-corrected chi connectivity index (χ1v) is 16.6. The minimum Gasteiger partial charge on any atom is -0.360 e. The van der Waals surface area contributed by atoms with Crippen molar-refractivity contribution in [2.75, 3.05) is 46.4 Å². The minimum atomic E-state index is -1.12. The molecule has 0 bridgehead atoms. The van der Waals surface area contributed by atoms with Crippen molar-refractivity contribution in [3.8, 4) is 11.1 Å². The first kappa shape index (κ1) is 25.4. The van der Waals surface area contributed by atoms with Crippen LogP contribution < -0.4 is 0 Å². The van der Waals surface area contributed by atoms with Gasteiger partial charge in [0.1, 0.15) is 6.73 Å². The highest BCUT2D eigenvalue weighted by Crippen LogP contribution is 2.34. The van der Waals surface area contributed by atoms with E-state index in [0.717, 1.165) is 85.6 Å². The van der Waals surface area contributed by atoms with Crippen molar-refractivity contribution in [2.24, 2.45) is 0 Å². The maximum absolute atomic E-state index is 6.77. The molecule has 1 fully saturated rings. The van der Waals surface area contributed by atoms with Crippen LogP contribution in [0.1, 0.15) is 12.1 Å². The largest absolute Gasteiger partial charge is 0.360 e. The van der Waals surface area contributed by atoms with Crippen molar-refractivity contribution >= 4 is 30.6 Å². The van der Waals surface area contributed by atoms with Crippen molar-refractivity contribution in [3.05, 3.63) is 53.2 Å². The fraction of sp³-hybridized carbons (Fsp3) is 0.519. The van der Waals surface area contributed by atoms with Gasteiger partial charge in [-0.25, -0.2) is 4.68 Å². The first-order valence-electron chi connectivity index (χ1n) is 12.5. The second-order valence-electron chi connectivity index (χ2n) is 10.8. The third-order valence-corrected chi connectivity index (χ3v) is 8.71. The van der Waals surface area contributed by atoms with Gasteiger partial charge in [0.05, 0.1) is 16.2 Å². The summed E-state index contributed by atoms with van der Waals surface area (Å²) in [5, 5.41) is 6.96. The zero-order valence-electron chi connectivity index (χ0n) is 21.2. The van der Waals surface area contributed by atoms with E-state index in [-0.39, 0.29) is 0 Å². The fourth-order valence-corrected chi connectivity index (χ4v) is 5.48. The molecule has 1 aromatic heterocycles. The molecule has 7 heteroatoms. The number of benzene rings is 2. The zero-order valence-corrected chi connectivity index (χ0v) is 22.9. The molecule has 2 aromatic carbocycles. The summed E-state index contributed by atoms with van der Waals surface area (Å²) in [6, 6.07) is 15.8. The lowest BCUT2D eigenvalue weighted by molar-refractivity contribution is 0.0813. The fourth-order valence-electron chi connectivity index (χ4n) is 4.45. The van der Waals surface area contributed by atoms with Gasteiger partial charge < -0.3 is 14.5 Å². The number of aryl methyl sites for hydroxylation is 1. The van der Waals surface area contributed by atoms with Crippen molar-refractivity contribution in [1.29, 1.82) is 0 Å². The average Bonchev–Trinajstić information content (AvgIpc) is 3.14. The molecule has 0 atom stereocenters. The molecular formula is C27H39ClN4OSi. The average molecular weight is 499 g/mol. The molecule has 0 unspecified atom stereocenters. The number of halogens is 1. The molecule has 0 N–H and O–H groups in total. The zero-order chi connectivity index (χ0) is 24.1. The van der Waals surface area contributed by atoms with Crippen molar-refractivity contribution in [3.63, 3.8) is 0 Å². The second kappa shape index (κ2) is 11.4. The molecule has 184 valence electrons. The highest BCUT2D eigenvalue weighted by molar-refractivity contribution is 6.76. The van der Waals surface area contributed by atoms with Crippen LogP contribution in [0.25, 0.3) is 22.0 Å². The lowest BCUT2D eigenvalue weighted by Gasteiger charge is -2.32. The van der Waals surface area contributed by atoms with Gasteiger partial charge in [0.2, 0.25) is 0 Å². The molecule has 0 spiro atoms. The van der Waals surface area contributed by atoms with Gasteiger partial charge in [0.25, 0.3) is 0 Å². The molecule has 0 aliphatic carbocycles. The van der Waals surface area contributed by atoms with E-state index in [0.29, 0.717) is 6.73 Å². The van der Waals surface area contributed by atoms with Crippen molar-refractivity contribution in [1.82, 2.24) is 19.6 Å². The smallest absolute Gasteiger partial charge is 0.140 e. The Kier molecular flexibility index (Phi) is 8.48. The van der Waals surface area contributed by atoms with Crippen LogP contribution in [0.2, 0.25) is 30.7 Å². The Hall–Kier alpha value is -1.70. The molecule has 34 heavy (non-hydrogen) atoms. The predicted molar refractivity (Wildman–Crippen MR) is 147 cm³/mol. The quantitative estimate of drug-likeness (QED) is 0.259. The van der Waals surface area contributed by atoms with Crippen LogP contribution in [0.15, 0.2) is 42.5 Å². The molecule has 2 heterocycles. The highest BCUT2D eigenvalue weighted by Gasteiger charge is 2.18. The summed E-state index contributed by atoms with van der Waals surface area (Å²) < 4.78 is 8.07. The first-order chi connectivity index (χ1) is 16.3. The maximum atomic E-state index is 6.77. The Morgan fingerprint density at radius 1 is 1.03 bits per heavy atom. The van der Waals surface area contributed by atoms with Crippen LogP contribution in [0.5, 0.6) is 0 Å². The van der Waals surface area contributed by atoms with Gasteiger partial charge in [0, 0.05) is 51.8 Å². The normalized spacial score (nSPS) is 15.9. The van der Waals surface area contributed by atoms with Crippen LogP contribution in [0.4, 0.5) is 0 Å². The summed E-state index contributed by atoms with van der Waals surface area (Å²) in [5.41, 5.74) is 4.41. The van der Waals surface area contributed by atoms with Crippen molar-refractivity contribution in [2.45, 2.75) is 45.3 Å². The van der Waals surface area contributed by atoms with Gasteiger partial charge in [-0.05, 0) is 50.2 Å². The van der Waals surface area contributed by atoms with Crippen LogP contribution in [0.3, 0.4) is 0 Å². The van der Waals surface area contributed by atoms with E-state index < -0.39 is 8.07 Å². The number of aromatic nitrogens is 2. The molecular weight excluding hydrogens is 460 g/mol. The van der Waals surface area contributed by atoms with E-state index >= 15 is 0 Å². The topological polar surface area (TPSA) is 33.5 Å². The van der Waals surface area contributed by atoms with E-state index in [9.17, 15) is 0 Å². The highest BCUT2D eigenvalue weighted by atomic mass is 35.5. The molecule has 0 saturated carbocycles. The number of hydrogen-bond acceptors (Lipinski definition) is 4. The predicted octanol–water partition coefficient (Wildman–Crippen LogP) is 5.85. The Bertz CT molecular complexity index is 1070.